The highest BCUT2D eigenvalue weighted by Crippen LogP contribution is 2.37. The number of nitrogens with one attached hydrogen (secondary N) is 1. The summed E-state index contributed by atoms with van der Waals surface area (Å²) in [6, 6.07) is 18.3. The van der Waals surface area contributed by atoms with Crippen LogP contribution in [0.15, 0.2) is 67.1 Å². The van der Waals surface area contributed by atoms with Crippen molar-refractivity contribution in [2.75, 3.05) is 7.11 Å². The molecule has 23 heavy (non-hydrogen) atoms. The van der Waals surface area contributed by atoms with Crippen molar-refractivity contribution >= 4 is 10.9 Å². The summed E-state index contributed by atoms with van der Waals surface area (Å²) in [4.78, 5) is 11.9. The van der Waals surface area contributed by atoms with Gasteiger partial charge in [0.25, 0.3) is 0 Å². The molecule has 2 aromatic heterocycles. The van der Waals surface area contributed by atoms with Gasteiger partial charge < -0.3 is 9.72 Å². The van der Waals surface area contributed by atoms with Gasteiger partial charge in [-0.05, 0) is 29.8 Å². The summed E-state index contributed by atoms with van der Waals surface area (Å²) >= 11 is 0. The molecule has 0 bridgehead atoms. The average molecular weight is 301 g/mol. The third-order valence-electron chi connectivity index (χ3n) is 3.92. The van der Waals surface area contributed by atoms with E-state index in [1.807, 2.05) is 30.3 Å². The van der Waals surface area contributed by atoms with Crippen LogP contribution >= 0.6 is 0 Å². The van der Waals surface area contributed by atoms with Gasteiger partial charge in [-0.1, -0.05) is 30.3 Å². The second-order valence-corrected chi connectivity index (χ2v) is 5.24. The fraction of sp³-hybridized carbons (Fsp3) is 0.0526. The molecule has 4 nitrogen and oxygen atoms in total. The lowest BCUT2D eigenvalue weighted by atomic mass is 10.0. The molecule has 0 amide bonds. The predicted octanol–water partition coefficient (Wildman–Crippen LogP) is 4.30. The summed E-state index contributed by atoms with van der Waals surface area (Å²) in [5, 5.41) is 1.17. The average Bonchev–Trinajstić information content (AvgIpc) is 3.02. The third-order valence-corrected chi connectivity index (χ3v) is 3.92. The molecule has 0 atom stereocenters. The quantitative estimate of drug-likeness (QED) is 0.614. The molecular weight excluding hydrogens is 286 g/mol. The number of methoxy groups -OCH3 is 1. The van der Waals surface area contributed by atoms with Crippen molar-refractivity contribution < 1.29 is 4.74 Å². The van der Waals surface area contributed by atoms with Crippen LogP contribution in [0.2, 0.25) is 0 Å². The van der Waals surface area contributed by atoms with Gasteiger partial charge in [0.1, 0.15) is 12.1 Å². The molecule has 0 saturated heterocycles. The Bertz CT molecular complexity index is 943. The molecule has 0 fully saturated rings. The van der Waals surface area contributed by atoms with Crippen LogP contribution in [0.1, 0.15) is 0 Å². The molecule has 4 heteroatoms. The monoisotopic (exact) mass is 301 g/mol. The molecule has 2 heterocycles. The van der Waals surface area contributed by atoms with Gasteiger partial charge in [-0.15, -0.1) is 0 Å². The number of rotatable bonds is 3. The van der Waals surface area contributed by atoms with Crippen LogP contribution in [-0.4, -0.2) is 22.1 Å². The topological polar surface area (TPSA) is 50.8 Å². The lowest BCUT2D eigenvalue weighted by molar-refractivity contribution is 0.415. The van der Waals surface area contributed by atoms with Crippen LogP contribution in [0.5, 0.6) is 5.75 Å². The van der Waals surface area contributed by atoms with Crippen molar-refractivity contribution in [2.45, 2.75) is 0 Å². The molecular formula is C19H15N3O. The van der Waals surface area contributed by atoms with E-state index in [0.717, 1.165) is 33.8 Å². The molecule has 0 aliphatic heterocycles. The van der Waals surface area contributed by atoms with E-state index in [0.29, 0.717) is 0 Å². The Morgan fingerprint density at radius 2 is 1.78 bits per heavy atom. The van der Waals surface area contributed by atoms with E-state index in [9.17, 15) is 0 Å². The number of ether oxygens (including phenoxy) is 1. The molecule has 112 valence electrons. The van der Waals surface area contributed by atoms with E-state index in [-0.39, 0.29) is 0 Å². The number of fused-ring (bicyclic) bond motifs is 1. The van der Waals surface area contributed by atoms with Gasteiger partial charge in [-0.2, -0.15) is 0 Å². The van der Waals surface area contributed by atoms with E-state index < -0.39 is 0 Å². The van der Waals surface area contributed by atoms with E-state index in [1.54, 1.807) is 19.6 Å². The largest absolute Gasteiger partial charge is 0.497 e. The fourth-order valence-corrected chi connectivity index (χ4v) is 2.83. The number of benzene rings is 2. The van der Waals surface area contributed by atoms with E-state index in [4.69, 9.17) is 4.74 Å². The first-order chi connectivity index (χ1) is 11.4. The number of hydrogen-bond donors (Lipinski definition) is 1. The van der Waals surface area contributed by atoms with Gasteiger partial charge in [0, 0.05) is 22.7 Å². The maximum Gasteiger partial charge on any atom is 0.118 e. The van der Waals surface area contributed by atoms with Crippen molar-refractivity contribution in [1.82, 2.24) is 15.0 Å². The van der Waals surface area contributed by atoms with Crippen molar-refractivity contribution in [2.24, 2.45) is 0 Å². The zero-order chi connectivity index (χ0) is 15.6. The van der Waals surface area contributed by atoms with Crippen molar-refractivity contribution in [3.05, 3.63) is 67.1 Å². The molecule has 2 aromatic carbocycles. The zero-order valence-electron chi connectivity index (χ0n) is 12.7. The Kier molecular flexibility index (Phi) is 3.27. The number of aromatic nitrogens is 3. The minimum absolute atomic E-state index is 0.845. The summed E-state index contributed by atoms with van der Waals surface area (Å²) in [6.07, 6.45) is 3.32. The van der Waals surface area contributed by atoms with Gasteiger partial charge in [-0.3, -0.25) is 0 Å². The minimum atomic E-state index is 0.845. The molecule has 0 saturated carbocycles. The number of H-pyrrole nitrogens is 1. The van der Waals surface area contributed by atoms with E-state index in [2.05, 4.69) is 39.2 Å². The van der Waals surface area contributed by atoms with Crippen LogP contribution < -0.4 is 4.74 Å². The molecule has 1 N–H and O–H groups in total. The Labute approximate surface area is 133 Å². The third kappa shape index (κ3) is 2.34. The predicted molar refractivity (Wildman–Crippen MR) is 91.3 cm³/mol. The van der Waals surface area contributed by atoms with Crippen molar-refractivity contribution in [3.63, 3.8) is 0 Å². The molecule has 0 aliphatic carbocycles. The number of hydrogen-bond acceptors (Lipinski definition) is 3. The second kappa shape index (κ2) is 5.57. The van der Waals surface area contributed by atoms with Crippen LogP contribution in [0.3, 0.4) is 0 Å². The van der Waals surface area contributed by atoms with Crippen LogP contribution in [0, 0.1) is 0 Å². The van der Waals surface area contributed by atoms with E-state index >= 15 is 0 Å². The highest BCUT2D eigenvalue weighted by molar-refractivity contribution is 6.03. The molecule has 0 aliphatic rings. The van der Waals surface area contributed by atoms with Gasteiger partial charge in [-0.25, -0.2) is 9.97 Å². The summed E-state index contributed by atoms with van der Waals surface area (Å²) in [5.41, 5.74) is 5.23. The lowest BCUT2D eigenvalue weighted by Crippen LogP contribution is -1.88. The van der Waals surface area contributed by atoms with Crippen LogP contribution in [0.4, 0.5) is 0 Å². The Morgan fingerprint density at radius 3 is 2.52 bits per heavy atom. The summed E-state index contributed by atoms with van der Waals surface area (Å²) in [6.45, 7) is 0. The highest BCUT2D eigenvalue weighted by Gasteiger charge is 2.15. The Balaban J connectivity index is 1.99. The van der Waals surface area contributed by atoms with Crippen molar-refractivity contribution in [1.29, 1.82) is 0 Å². The summed E-state index contributed by atoms with van der Waals surface area (Å²) in [7, 11) is 1.67. The smallest absolute Gasteiger partial charge is 0.118 e. The molecule has 0 radical (unpaired) electrons. The van der Waals surface area contributed by atoms with Crippen LogP contribution in [0.25, 0.3) is 33.4 Å². The minimum Gasteiger partial charge on any atom is -0.497 e. The number of aromatic amines is 1. The highest BCUT2D eigenvalue weighted by atomic mass is 16.5. The first-order valence-corrected chi connectivity index (χ1v) is 7.38. The van der Waals surface area contributed by atoms with Gasteiger partial charge in [0.05, 0.1) is 18.5 Å². The SMILES string of the molecule is COc1ccc(-c2c(-c3ccncn3)[nH]c3ccccc23)cc1. The Hall–Kier alpha value is -3.14. The molecule has 0 spiro atoms. The van der Waals surface area contributed by atoms with E-state index in [1.165, 1.54) is 5.39 Å². The number of nitrogens with zero attached hydrogens (tertiary/aromatic N) is 2. The Morgan fingerprint density at radius 1 is 0.957 bits per heavy atom. The van der Waals surface area contributed by atoms with Crippen molar-refractivity contribution in [3.8, 4) is 28.3 Å². The standard InChI is InChI=1S/C19H15N3O/c1-23-14-8-6-13(7-9-14)18-15-4-2-3-5-16(15)22-19(18)17-10-11-20-12-21-17/h2-12,22H,1H3. The maximum absolute atomic E-state index is 5.26. The molecule has 0 unspecified atom stereocenters. The summed E-state index contributed by atoms with van der Waals surface area (Å²) < 4.78 is 5.26. The first-order valence-electron chi connectivity index (χ1n) is 7.38. The zero-order valence-corrected chi connectivity index (χ0v) is 12.7. The second-order valence-electron chi connectivity index (χ2n) is 5.24. The molecule has 4 rings (SSSR count). The lowest BCUT2D eigenvalue weighted by Gasteiger charge is -2.06. The fourth-order valence-electron chi connectivity index (χ4n) is 2.83. The first kappa shape index (κ1) is 13.5. The van der Waals surface area contributed by atoms with Gasteiger partial charge >= 0.3 is 0 Å². The maximum atomic E-state index is 5.26. The van der Waals surface area contributed by atoms with Gasteiger partial charge in [0.15, 0.2) is 0 Å². The van der Waals surface area contributed by atoms with Gasteiger partial charge in [0.2, 0.25) is 0 Å². The van der Waals surface area contributed by atoms with Crippen LogP contribution in [-0.2, 0) is 0 Å². The normalized spacial score (nSPS) is 10.8. The molecule has 4 aromatic rings. The summed E-state index contributed by atoms with van der Waals surface area (Å²) in [5.74, 6) is 0.845. The number of para-hydroxylation sites is 1.